The van der Waals surface area contributed by atoms with Gasteiger partial charge in [0.05, 0.1) is 0 Å². The maximum Gasteiger partial charge on any atom is 0.408 e. The van der Waals surface area contributed by atoms with Gasteiger partial charge in [0.15, 0.2) is 0 Å². The van der Waals surface area contributed by atoms with E-state index < -0.39 is 35.7 Å². The van der Waals surface area contributed by atoms with Crippen molar-refractivity contribution in [2.75, 3.05) is 0 Å². The molecule has 9 nitrogen and oxygen atoms in total. The van der Waals surface area contributed by atoms with Crippen molar-refractivity contribution < 1.29 is 34.1 Å². The topological polar surface area (TPSA) is 148 Å². The van der Waals surface area contributed by atoms with Gasteiger partial charge < -0.3 is 30.7 Å². The highest BCUT2D eigenvalue weighted by Crippen LogP contribution is 2.16. The summed E-state index contributed by atoms with van der Waals surface area (Å²) in [6, 6.07) is 10.5. The number of rotatable bonds is 8. The second-order valence-corrected chi connectivity index (χ2v) is 8.28. The first-order chi connectivity index (χ1) is 14.9. The molecule has 2 rings (SSSR count). The Kier molecular flexibility index (Phi) is 8.20. The number of nitrogens with two attached hydrogens (primary N) is 1. The quantitative estimate of drug-likeness (QED) is 0.358. The molecule has 0 fully saturated rings. The number of phenolic OH excluding ortho intramolecular Hbond substituents is 1. The standard InChI is InChI=1S/C23H28N2O7/c1-23(2,3)32-22(30)25-19(20(27)28)13-15-6-10-17(11-7-15)31-21(29)18(24)12-14-4-8-16(26)9-5-14/h4-11,18-19,26H,12-13,24H2,1-3H3,(H,25,30)(H,27,28)/t18-,19-/m0/s1. The number of esters is 1. The summed E-state index contributed by atoms with van der Waals surface area (Å²) in [7, 11) is 0. The molecular formula is C23H28N2O7. The van der Waals surface area contributed by atoms with Crippen LogP contribution >= 0.6 is 0 Å². The Morgan fingerprint density at radius 1 is 0.969 bits per heavy atom. The lowest BCUT2D eigenvalue weighted by atomic mass is 10.1. The van der Waals surface area contributed by atoms with Crippen LogP contribution in [-0.2, 0) is 27.2 Å². The zero-order valence-corrected chi connectivity index (χ0v) is 18.2. The summed E-state index contributed by atoms with van der Waals surface area (Å²) in [6.07, 6.45) is -0.560. The molecular weight excluding hydrogens is 416 g/mol. The van der Waals surface area contributed by atoms with E-state index in [2.05, 4.69) is 5.32 Å². The molecule has 172 valence electrons. The van der Waals surface area contributed by atoms with E-state index in [1.54, 1.807) is 45.0 Å². The van der Waals surface area contributed by atoms with E-state index in [9.17, 15) is 24.6 Å². The number of hydrogen-bond donors (Lipinski definition) is 4. The monoisotopic (exact) mass is 444 g/mol. The number of hydrogen-bond acceptors (Lipinski definition) is 7. The van der Waals surface area contributed by atoms with Gasteiger partial charge in [-0.15, -0.1) is 0 Å². The largest absolute Gasteiger partial charge is 0.508 e. The van der Waals surface area contributed by atoms with Gasteiger partial charge in [0.1, 0.15) is 29.2 Å². The van der Waals surface area contributed by atoms with E-state index >= 15 is 0 Å². The number of alkyl carbamates (subject to hydrolysis) is 1. The van der Waals surface area contributed by atoms with Gasteiger partial charge in [0, 0.05) is 6.42 Å². The van der Waals surface area contributed by atoms with E-state index in [1.807, 2.05) is 0 Å². The number of aliphatic carboxylic acids is 1. The number of carboxylic acids is 1. The molecule has 0 spiro atoms. The van der Waals surface area contributed by atoms with Crippen LogP contribution in [0.4, 0.5) is 4.79 Å². The minimum atomic E-state index is -1.20. The molecule has 2 aromatic carbocycles. The summed E-state index contributed by atoms with van der Waals surface area (Å²) in [5, 5.41) is 21.0. The van der Waals surface area contributed by atoms with Crippen LogP contribution in [0.15, 0.2) is 48.5 Å². The normalized spacial score (nSPS) is 13.0. The summed E-state index contributed by atoms with van der Waals surface area (Å²) in [5.41, 5.74) is 6.54. The minimum Gasteiger partial charge on any atom is -0.508 e. The van der Waals surface area contributed by atoms with Crippen molar-refractivity contribution in [3.63, 3.8) is 0 Å². The third-order valence-electron chi connectivity index (χ3n) is 4.27. The van der Waals surface area contributed by atoms with Gasteiger partial charge in [-0.05, 0) is 62.6 Å². The Morgan fingerprint density at radius 2 is 1.50 bits per heavy atom. The summed E-state index contributed by atoms with van der Waals surface area (Å²) in [5.74, 6) is -1.45. The molecule has 0 heterocycles. The second kappa shape index (κ2) is 10.6. The van der Waals surface area contributed by atoms with Crippen molar-refractivity contribution in [3.05, 3.63) is 59.7 Å². The van der Waals surface area contributed by atoms with Crippen LogP contribution in [0.3, 0.4) is 0 Å². The van der Waals surface area contributed by atoms with Crippen molar-refractivity contribution in [3.8, 4) is 11.5 Å². The molecule has 2 aromatic rings. The molecule has 5 N–H and O–H groups in total. The van der Waals surface area contributed by atoms with Crippen LogP contribution in [0.2, 0.25) is 0 Å². The molecule has 0 aliphatic heterocycles. The number of carboxylic acid groups (broad SMARTS) is 1. The number of aromatic hydroxyl groups is 1. The molecule has 1 amide bonds. The zero-order valence-electron chi connectivity index (χ0n) is 18.2. The Labute approximate surface area is 186 Å². The van der Waals surface area contributed by atoms with Crippen LogP contribution in [0.1, 0.15) is 31.9 Å². The van der Waals surface area contributed by atoms with Gasteiger partial charge in [-0.3, -0.25) is 0 Å². The fourth-order valence-corrected chi connectivity index (χ4v) is 2.74. The predicted molar refractivity (Wildman–Crippen MR) is 116 cm³/mol. The van der Waals surface area contributed by atoms with Gasteiger partial charge in [-0.2, -0.15) is 0 Å². The first-order valence-electron chi connectivity index (χ1n) is 9.99. The molecule has 0 aliphatic rings. The van der Waals surface area contributed by atoms with Crippen LogP contribution in [-0.4, -0.2) is 45.9 Å². The maximum atomic E-state index is 12.2. The number of phenols is 1. The van der Waals surface area contributed by atoms with Crippen molar-refractivity contribution in [2.24, 2.45) is 5.73 Å². The predicted octanol–water partition coefficient (Wildman–Crippen LogP) is 2.39. The number of carbonyl (C=O) groups excluding carboxylic acids is 2. The Bertz CT molecular complexity index is 934. The lowest BCUT2D eigenvalue weighted by Gasteiger charge is -2.22. The lowest BCUT2D eigenvalue weighted by molar-refractivity contribution is -0.139. The smallest absolute Gasteiger partial charge is 0.408 e. The summed E-state index contributed by atoms with van der Waals surface area (Å²) in [6.45, 7) is 5.04. The average Bonchev–Trinajstić information content (AvgIpc) is 2.69. The highest BCUT2D eigenvalue weighted by molar-refractivity contribution is 5.80. The van der Waals surface area contributed by atoms with Gasteiger partial charge in [-0.1, -0.05) is 24.3 Å². The molecule has 0 aromatic heterocycles. The zero-order chi connectivity index (χ0) is 23.9. The van der Waals surface area contributed by atoms with E-state index in [1.165, 1.54) is 24.3 Å². The molecule has 0 bridgehead atoms. The van der Waals surface area contributed by atoms with E-state index in [0.29, 0.717) is 5.56 Å². The molecule has 0 radical (unpaired) electrons. The number of ether oxygens (including phenoxy) is 2. The Morgan fingerprint density at radius 3 is 2.03 bits per heavy atom. The molecule has 9 heteroatoms. The molecule has 32 heavy (non-hydrogen) atoms. The highest BCUT2D eigenvalue weighted by atomic mass is 16.6. The highest BCUT2D eigenvalue weighted by Gasteiger charge is 2.24. The van der Waals surface area contributed by atoms with Gasteiger partial charge in [0.25, 0.3) is 0 Å². The Balaban J connectivity index is 1.93. The maximum absolute atomic E-state index is 12.2. The van der Waals surface area contributed by atoms with Crippen molar-refractivity contribution >= 4 is 18.0 Å². The number of nitrogens with one attached hydrogen (secondary N) is 1. The molecule has 2 atom stereocenters. The third-order valence-corrected chi connectivity index (χ3v) is 4.27. The van der Waals surface area contributed by atoms with Crippen LogP contribution < -0.4 is 15.8 Å². The van der Waals surface area contributed by atoms with Crippen LogP contribution in [0.5, 0.6) is 11.5 Å². The first kappa shape index (κ1) is 24.7. The van der Waals surface area contributed by atoms with E-state index in [-0.39, 0.29) is 24.3 Å². The van der Waals surface area contributed by atoms with Gasteiger partial charge in [-0.25, -0.2) is 14.4 Å². The number of benzene rings is 2. The molecule has 0 aliphatic carbocycles. The van der Waals surface area contributed by atoms with E-state index in [0.717, 1.165) is 5.56 Å². The molecule has 0 unspecified atom stereocenters. The number of amides is 1. The summed E-state index contributed by atoms with van der Waals surface area (Å²) < 4.78 is 10.4. The summed E-state index contributed by atoms with van der Waals surface area (Å²) in [4.78, 5) is 35.6. The van der Waals surface area contributed by atoms with Crippen LogP contribution in [0, 0.1) is 0 Å². The Hall–Kier alpha value is -3.59. The van der Waals surface area contributed by atoms with Crippen molar-refractivity contribution in [2.45, 2.75) is 51.3 Å². The average molecular weight is 444 g/mol. The SMILES string of the molecule is CC(C)(C)OC(=O)N[C@@H](Cc1ccc(OC(=O)[C@@H](N)Cc2ccc(O)cc2)cc1)C(=O)O. The van der Waals surface area contributed by atoms with Crippen molar-refractivity contribution in [1.29, 1.82) is 0 Å². The third kappa shape index (κ3) is 8.27. The minimum absolute atomic E-state index is 0.0170. The van der Waals surface area contributed by atoms with Crippen molar-refractivity contribution in [1.82, 2.24) is 5.32 Å². The van der Waals surface area contributed by atoms with E-state index in [4.69, 9.17) is 15.2 Å². The first-order valence-corrected chi connectivity index (χ1v) is 9.99. The molecule has 0 saturated heterocycles. The van der Waals surface area contributed by atoms with Gasteiger partial charge >= 0.3 is 18.0 Å². The fraction of sp³-hybridized carbons (Fsp3) is 0.348. The molecule has 0 saturated carbocycles. The fourth-order valence-electron chi connectivity index (χ4n) is 2.74. The lowest BCUT2D eigenvalue weighted by Crippen LogP contribution is -2.44. The second-order valence-electron chi connectivity index (χ2n) is 8.28. The summed E-state index contributed by atoms with van der Waals surface area (Å²) >= 11 is 0. The number of carbonyl (C=O) groups is 3. The van der Waals surface area contributed by atoms with Gasteiger partial charge in [0.2, 0.25) is 0 Å². The van der Waals surface area contributed by atoms with Crippen LogP contribution in [0.25, 0.3) is 0 Å².